The van der Waals surface area contributed by atoms with Gasteiger partial charge in [-0.05, 0) is 32.4 Å². The number of likely N-dealkylation sites (tertiary alicyclic amines) is 1. The second kappa shape index (κ2) is 4.76. The minimum atomic E-state index is 0.916. The van der Waals surface area contributed by atoms with Crippen molar-refractivity contribution in [2.24, 2.45) is 0 Å². The van der Waals surface area contributed by atoms with Gasteiger partial charge in [0.15, 0.2) is 0 Å². The van der Waals surface area contributed by atoms with Gasteiger partial charge in [-0.1, -0.05) is 26.7 Å². The largest absolute Gasteiger partial charge is 0.301 e. The third kappa shape index (κ3) is 2.48. The fraction of sp³-hybridized carbons (Fsp3) is 1.00. The molecule has 1 unspecified atom stereocenters. The molecule has 1 heterocycles. The standard InChI is InChI=1S/C10H21N/c1-3-7-10-8-5-6-9-11(10)4-2/h10H,3-9H2,1-2H3. The summed E-state index contributed by atoms with van der Waals surface area (Å²) in [6.07, 6.45) is 7.09. The smallest absolute Gasteiger partial charge is 0.00950 e. The molecule has 1 nitrogen and oxygen atoms in total. The quantitative estimate of drug-likeness (QED) is 0.605. The van der Waals surface area contributed by atoms with Gasteiger partial charge < -0.3 is 4.90 Å². The van der Waals surface area contributed by atoms with Crippen LogP contribution >= 0.6 is 0 Å². The molecule has 0 spiro atoms. The first-order valence-corrected chi connectivity index (χ1v) is 5.12. The predicted octanol–water partition coefficient (Wildman–Crippen LogP) is 2.66. The van der Waals surface area contributed by atoms with Gasteiger partial charge >= 0.3 is 0 Å². The van der Waals surface area contributed by atoms with Crippen molar-refractivity contribution in [1.29, 1.82) is 0 Å². The van der Waals surface area contributed by atoms with E-state index >= 15 is 0 Å². The zero-order valence-electron chi connectivity index (χ0n) is 7.97. The van der Waals surface area contributed by atoms with Crippen molar-refractivity contribution in [3.63, 3.8) is 0 Å². The van der Waals surface area contributed by atoms with E-state index in [-0.39, 0.29) is 0 Å². The third-order valence-electron chi connectivity index (χ3n) is 2.78. The van der Waals surface area contributed by atoms with Crippen LogP contribution in [0.3, 0.4) is 0 Å². The maximum absolute atomic E-state index is 2.65. The molecule has 0 amide bonds. The first-order valence-electron chi connectivity index (χ1n) is 5.12. The van der Waals surface area contributed by atoms with Crippen LogP contribution in [-0.4, -0.2) is 24.0 Å². The van der Waals surface area contributed by atoms with E-state index in [2.05, 4.69) is 18.7 Å². The lowest BCUT2D eigenvalue weighted by atomic mass is 9.98. The highest BCUT2D eigenvalue weighted by Crippen LogP contribution is 2.19. The molecule has 0 aromatic heterocycles. The molecule has 1 fully saturated rings. The van der Waals surface area contributed by atoms with E-state index in [1.54, 1.807) is 0 Å². The highest BCUT2D eigenvalue weighted by molar-refractivity contribution is 4.75. The van der Waals surface area contributed by atoms with Crippen molar-refractivity contribution in [2.75, 3.05) is 13.1 Å². The summed E-state index contributed by atoms with van der Waals surface area (Å²) in [7, 11) is 0. The van der Waals surface area contributed by atoms with Crippen LogP contribution in [0.4, 0.5) is 0 Å². The molecule has 0 aliphatic carbocycles. The molecule has 0 aromatic carbocycles. The zero-order chi connectivity index (χ0) is 8.10. The third-order valence-corrected chi connectivity index (χ3v) is 2.78. The molecule has 1 saturated heterocycles. The Morgan fingerprint density at radius 3 is 2.73 bits per heavy atom. The number of rotatable bonds is 3. The lowest BCUT2D eigenvalue weighted by Crippen LogP contribution is -2.38. The van der Waals surface area contributed by atoms with Crippen LogP contribution in [0, 0.1) is 0 Å². The van der Waals surface area contributed by atoms with E-state index in [1.807, 2.05) is 0 Å². The lowest BCUT2D eigenvalue weighted by Gasteiger charge is -2.34. The summed E-state index contributed by atoms with van der Waals surface area (Å²) in [6.45, 7) is 7.18. The summed E-state index contributed by atoms with van der Waals surface area (Å²) in [5.41, 5.74) is 0. The van der Waals surface area contributed by atoms with Gasteiger partial charge in [-0.25, -0.2) is 0 Å². The predicted molar refractivity (Wildman–Crippen MR) is 49.8 cm³/mol. The summed E-state index contributed by atoms with van der Waals surface area (Å²) >= 11 is 0. The maximum Gasteiger partial charge on any atom is 0.00950 e. The van der Waals surface area contributed by atoms with Crippen molar-refractivity contribution >= 4 is 0 Å². The molecule has 1 heteroatoms. The Morgan fingerprint density at radius 1 is 1.27 bits per heavy atom. The summed E-state index contributed by atoms with van der Waals surface area (Å²) in [4.78, 5) is 2.65. The maximum atomic E-state index is 2.65. The first-order chi connectivity index (χ1) is 5.38. The van der Waals surface area contributed by atoms with Crippen molar-refractivity contribution in [2.45, 2.75) is 52.0 Å². The van der Waals surface area contributed by atoms with Crippen LogP contribution in [0.25, 0.3) is 0 Å². The van der Waals surface area contributed by atoms with Gasteiger partial charge in [0.1, 0.15) is 0 Å². The Balaban J connectivity index is 2.31. The second-order valence-corrected chi connectivity index (χ2v) is 3.57. The highest BCUT2D eigenvalue weighted by Gasteiger charge is 2.19. The Bertz CT molecular complexity index is 99.0. The molecule has 1 atom stereocenters. The summed E-state index contributed by atoms with van der Waals surface area (Å²) in [5.74, 6) is 0. The van der Waals surface area contributed by atoms with Crippen LogP contribution in [0.15, 0.2) is 0 Å². The van der Waals surface area contributed by atoms with E-state index in [1.165, 1.54) is 45.2 Å². The fourth-order valence-corrected chi connectivity index (χ4v) is 2.14. The van der Waals surface area contributed by atoms with Gasteiger partial charge in [0.2, 0.25) is 0 Å². The fourth-order valence-electron chi connectivity index (χ4n) is 2.14. The number of hydrogen-bond donors (Lipinski definition) is 0. The molecular weight excluding hydrogens is 134 g/mol. The van der Waals surface area contributed by atoms with Crippen molar-refractivity contribution in [3.05, 3.63) is 0 Å². The average molecular weight is 155 g/mol. The molecule has 0 N–H and O–H groups in total. The van der Waals surface area contributed by atoms with Crippen LogP contribution in [0.1, 0.15) is 46.0 Å². The van der Waals surface area contributed by atoms with Crippen molar-refractivity contribution in [1.82, 2.24) is 4.90 Å². The summed E-state index contributed by atoms with van der Waals surface area (Å²) < 4.78 is 0. The van der Waals surface area contributed by atoms with Crippen LogP contribution in [-0.2, 0) is 0 Å². The van der Waals surface area contributed by atoms with E-state index in [0.29, 0.717) is 0 Å². The molecule has 0 saturated carbocycles. The number of nitrogens with zero attached hydrogens (tertiary/aromatic N) is 1. The normalized spacial score (nSPS) is 27.3. The zero-order valence-corrected chi connectivity index (χ0v) is 7.97. The SMILES string of the molecule is CCCC1CCCCN1CC. The van der Waals surface area contributed by atoms with Gasteiger partial charge in [0, 0.05) is 6.04 Å². The second-order valence-electron chi connectivity index (χ2n) is 3.57. The van der Waals surface area contributed by atoms with Gasteiger partial charge in [-0.15, -0.1) is 0 Å². The number of piperidine rings is 1. The van der Waals surface area contributed by atoms with Crippen molar-refractivity contribution < 1.29 is 0 Å². The Hall–Kier alpha value is -0.0400. The Kier molecular flexibility index (Phi) is 3.92. The molecule has 0 aromatic rings. The van der Waals surface area contributed by atoms with Gasteiger partial charge in [-0.2, -0.15) is 0 Å². The lowest BCUT2D eigenvalue weighted by molar-refractivity contribution is 0.147. The van der Waals surface area contributed by atoms with Gasteiger partial charge in [-0.3, -0.25) is 0 Å². The highest BCUT2D eigenvalue weighted by atomic mass is 15.2. The summed E-state index contributed by atoms with van der Waals surface area (Å²) in [6, 6.07) is 0.916. The molecule has 1 aliphatic rings. The molecule has 1 aliphatic heterocycles. The van der Waals surface area contributed by atoms with Crippen molar-refractivity contribution in [3.8, 4) is 0 Å². The average Bonchev–Trinajstić information content (AvgIpc) is 2.06. The van der Waals surface area contributed by atoms with E-state index in [4.69, 9.17) is 0 Å². The van der Waals surface area contributed by atoms with Crippen LogP contribution in [0.2, 0.25) is 0 Å². The Labute approximate surface area is 70.8 Å². The van der Waals surface area contributed by atoms with E-state index in [9.17, 15) is 0 Å². The first kappa shape index (κ1) is 9.05. The van der Waals surface area contributed by atoms with Crippen LogP contribution in [0.5, 0.6) is 0 Å². The molecule has 11 heavy (non-hydrogen) atoms. The van der Waals surface area contributed by atoms with E-state index in [0.717, 1.165) is 6.04 Å². The molecule has 0 radical (unpaired) electrons. The summed E-state index contributed by atoms with van der Waals surface area (Å²) in [5, 5.41) is 0. The molecule has 0 bridgehead atoms. The van der Waals surface area contributed by atoms with E-state index < -0.39 is 0 Å². The van der Waals surface area contributed by atoms with Crippen LogP contribution < -0.4 is 0 Å². The Morgan fingerprint density at radius 2 is 2.09 bits per heavy atom. The molecular formula is C10H21N. The van der Waals surface area contributed by atoms with Gasteiger partial charge in [0.25, 0.3) is 0 Å². The minimum absolute atomic E-state index is 0.916. The minimum Gasteiger partial charge on any atom is -0.301 e. The molecule has 1 rings (SSSR count). The molecule has 66 valence electrons. The monoisotopic (exact) mass is 155 g/mol. The topological polar surface area (TPSA) is 3.24 Å². The number of hydrogen-bond acceptors (Lipinski definition) is 1. The van der Waals surface area contributed by atoms with Gasteiger partial charge in [0.05, 0.1) is 0 Å².